The molecule has 0 saturated heterocycles. The van der Waals surface area contributed by atoms with E-state index in [1.165, 1.54) is 0 Å². The molecule has 1 aromatic carbocycles. The number of hydrogen-bond donors (Lipinski definition) is 2. The number of carbonyl (C=O) groups is 1. The van der Waals surface area contributed by atoms with E-state index in [1.54, 1.807) is 0 Å². The van der Waals surface area contributed by atoms with E-state index in [0.29, 0.717) is 11.4 Å². The molecule has 108 valence electrons. The number of nitrogens with zero attached hydrogens (tertiary/aromatic N) is 1. The van der Waals surface area contributed by atoms with Gasteiger partial charge in [-0.3, -0.25) is 9.89 Å². The van der Waals surface area contributed by atoms with Gasteiger partial charge in [0, 0.05) is 11.3 Å². The van der Waals surface area contributed by atoms with Gasteiger partial charge < -0.3 is 14.8 Å². The summed E-state index contributed by atoms with van der Waals surface area (Å²) in [5, 5.41) is 10.1. The first kappa shape index (κ1) is 12.3. The Kier molecular flexibility index (Phi) is 2.48. The summed E-state index contributed by atoms with van der Waals surface area (Å²) in [7, 11) is 0. The van der Waals surface area contributed by atoms with Crippen molar-refractivity contribution >= 4 is 5.91 Å². The minimum atomic E-state index is -0.196. The van der Waals surface area contributed by atoms with Gasteiger partial charge in [0.25, 0.3) is 5.91 Å². The molecule has 2 aromatic rings. The highest BCUT2D eigenvalue weighted by Gasteiger charge is 2.36. The quantitative estimate of drug-likeness (QED) is 0.886. The van der Waals surface area contributed by atoms with E-state index >= 15 is 0 Å². The number of hydrogen-bond acceptors (Lipinski definition) is 4. The summed E-state index contributed by atoms with van der Waals surface area (Å²) in [6.07, 6.45) is 0. The Bertz CT molecular complexity index is 736. The summed E-state index contributed by atoms with van der Waals surface area (Å²) >= 11 is 0. The molecule has 21 heavy (non-hydrogen) atoms. The lowest BCUT2D eigenvalue weighted by molar-refractivity contribution is 0.0955. The molecule has 0 bridgehead atoms. The summed E-state index contributed by atoms with van der Waals surface area (Å²) in [6.45, 7) is 4.39. The largest absolute Gasteiger partial charge is 0.454 e. The predicted molar refractivity (Wildman–Crippen MR) is 74.6 cm³/mol. The highest BCUT2D eigenvalue weighted by Crippen LogP contribution is 2.39. The molecular weight excluding hydrogens is 270 g/mol. The first-order valence-corrected chi connectivity index (χ1v) is 6.93. The zero-order valence-electron chi connectivity index (χ0n) is 11.8. The highest BCUT2D eigenvalue weighted by molar-refractivity contribution is 5.98. The summed E-state index contributed by atoms with van der Waals surface area (Å²) in [5.74, 6) is 1.57. The molecule has 0 spiro atoms. The number of rotatable bonds is 2. The zero-order valence-corrected chi connectivity index (χ0v) is 11.8. The fourth-order valence-corrected chi connectivity index (χ4v) is 2.88. The Balaban J connectivity index is 1.81. The van der Waals surface area contributed by atoms with Crippen molar-refractivity contribution in [3.8, 4) is 11.5 Å². The molecule has 6 nitrogen and oxygen atoms in total. The van der Waals surface area contributed by atoms with Crippen LogP contribution >= 0.6 is 0 Å². The van der Waals surface area contributed by atoms with E-state index in [-0.39, 0.29) is 24.7 Å². The molecule has 6 heteroatoms. The van der Waals surface area contributed by atoms with Crippen molar-refractivity contribution in [3.63, 3.8) is 0 Å². The Morgan fingerprint density at radius 2 is 2.10 bits per heavy atom. The third-order valence-electron chi connectivity index (χ3n) is 3.92. The van der Waals surface area contributed by atoms with Crippen molar-refractivity contribution in [1.82, 2.24) is 15.5 Å². The lowest BCUT2D eigenvalue weighted by Gasteiger charge is -2.15. The maximum atomic E-state index is 12.1. The van der Waals surface area contributed by atoms with E-state index in [4.69, 9.17) is 9.47 Å². The number of carbonyl (C=O) groups excluding carboxylic acids is 1. The maximum Gasteiger partial charge on any atom is 0.272 e. The van der Waals surface area contributed by atoms with E-state index < -0.39 is 0 Å². The van der Waals surface area contributed by atoms with Crippen LogP contribution in [-0.2, 0) is 0 Å². The van der Waals surface area contributed by atoms with E-state index in [9.17, 15) is 4.79 Å². The molecule has 2 N–H and O–H groups in total. The van der Waals surface area contributed by atoms with Gasteiger partial charge in [0.1, 0.15) is 0 Å². The number of aromatic amines is 1. The van der Waals surface area contributed by atoms with Gasteiger partial charge in [-0.15, -0.1) is 0 Å². The Morgan fingerprint density at radius 1 is 1.29 bits per heavy atom. The monoisotopic (exact) mass is 285 g/mol. The number of H-pyrrole nitrogens is 1. The standard InChI is InChI=1S/C15H15N3O3/c1-7(2)12-11-13(16-15(19)14(11)18-17-12)8-3-4-9-10(5-8)21-6-20-9/h3-5,7,13H,6H2,1-2H3,(H,16,19)(H,17,18). The van der Waals surface area contributed by atoms with Crippen LogP contribution in [0.15, 0.2) is 18.2 Å². The smallest absolute Gasteiger partial charge is 0.272 e. The molecule has 0 saturated carbocycles. The van der Waals surface area contributed by atoms with Gasteiger partial charge in [-0.25, -0.2) is 0 Å². The van der Waals surface area contributed by atoms with Crippen molar-refractivity contribution in [1.29, 1.82) is 0 Å². The van der Waals surface area contributed by atoms with Crippen LogP contribution in [0.4, 0.5) is 0 Å². The summed E-state index contributed by atoms with van der Waals surface area (Å²) in [6, 6.07) is 5.54. The van der Waals surface area contributed by atoms with Gasteiger partial charge in [-0.1, -0.05) is 19.9 Å². The van der Waals surface area contributed by atoms with Crippen LogP contribution in [0, 0.1) is 0 Å². The second-order valence-corrected chi connectivity index (χ2v) is 5.57. The molecule has 0 fully saturated rings. The summed E-state index contributed by atoms with van der Waals surface area (Å²) in [4.78, 5) is 12.1. The first-order valence-electron chi connectivity index (χ1n) is 6.93. The molecule has 1 atom stereocenters. The molecule has 1 amide bonds. The van der Waals surface area contributed by atoms with Crippen molar-refractivity contribution in [2.75, 3.05) is 6.79 Å². The Hall–Kier alpha value is -2.50. The van der Waals surface area contributed by atoms with Gasteiger partial charge in [-0.2, -0.15) is 5.10 Å². The highest BCUT2D eigenvalue weighted by atomic mass is 16.7. The fourth-order valence-electron chi connectivity index (χ4n) is 2.88. The average molecular weight is 285 g/mol. The second-order valence-electron chi connectivity index (χ2n) is 5.57. The molecule has 0 radical (unpaired) electrons. The SMILES string of the molecule is CC(C)c1[nH]nc2c1C(c1ccc3c(c1)OCO3)NC2=O. The summed E-state index contributed by atoms with van der Waals surface area (Å²) < 4.78 is 10.7. The first-order chi connectivity index (χ1) is 10.1. The number of ether oxygens (including phenoxy) is 2. The second kappa shape index (κ2) is 4.25. The van der Waals surface area contributed by atoms with E-state index in [1.807, 2.05) is 18.2 Å². The average Bonchev–Trinajstić information content (AvgIpc) is 3.14. The van der Waals surface area contributed by atoms with Crippen LogP contribution in [0.25, 0.3) is 0 Å². The Labute approximate surface area is 121 Å². The topological polar surface area (TPSA) is 76.2 Å². The van der Waals surface area contributed by atoms with Gasteiger partial charge in [0.05, 0.1) is 6.04 Å². The van der Waals surface area contributed by atoms with Crippen molar-refractivity contribution in [2.45, 2.75) is 25.8 Å². The van der Waals surface area contributed by atoms with Gasteiger partial charge in [0.15, 0.2) is 17.2 Å². The number of aromatic nitrogens is 2. The Morgan fingerprint density at radius 3 is 2.90 bits per heavy atom. The van der Waals surface area contributed by atoms with Crippen molar-refractivity contribution in [2.24, 2.45) is 0 Å². The van der Waals surface area contributed by atoms with Crippen LogP contribution in [0.5, 0.6) is 11.5 Å². The lowest BCUT2D eigenvalue weighted by atomic mass is 9.95. The zero-order chi connectivity index (χ0) is 14.6. The summed E-state index contributed by atoms with van der Waals surface area (Å²) in [5.41, 5.74) is 3.39. The van der Waals surface area contributed by atoms with Gasteiger partial charge in [0.2, 0.25) is 6.79 Å². The van der Waals surface area contributed by atoms with Crippen LogP contribution in [0.2, 0.25) is 0 Å². The van der Waals surface area contributed by atoms with Crippen LogP contribution in [0.3, 0.4) is 0 Å². The van der Waals surface area contributed by atoms with Crippen LogP contribution < -0.4 is 14.8 Å². The molecule has 0 aliphatic carbocycles. The fraction of sp³-hybridized carbons (Fsp3) is 0.333. The molecule has 1 unspecified atom stereocenters. The molecule has 1 aromatic heterocycles. The molecular formula is C15H15N3O3. The molecule has 4 rings (SSSR count). The van der Waals surface area contributed by atoms with Crippen molar-refractivity contribution in [3.05, 3.63) is 40.7 Å². The minimum Gasteiger partial charge on any atom is -0.454 e. The number of amides is 1. The van der Waals surface area contributed by atoms with Crippen LogP contribution in [0.1, 0.15) is 53.1 Å². The van der Waals surface area contributed by atoms with Crippen molar-refractivity contribution < 1.29 is 14.3 Å². The molecule has 2 aliphatic heterocycles. The molecule has 2 aliphatic rings. The number of fused-ring (bicyclic) bond motifs is 2. The van der Waals surface area contributed by atoms with Crippen LogP contribution in [-0.4, -0.2) is 22.9 Å². The van der Waals surface area contributed by atoms with E-state index in [0.717, 1.165) is 22.6 Å². The third-order valence-corrected chi connectivity index (χ3v) is 3.92. The van der Waals surface area contributed by atoms with Gasteiger partial charge in [-0.05, 0) is 23.6 Å². The maximum absolute atomic E-state index is 12.1. The predicted octanol–water partition coefficient (Wildman–Crippen LogP) is 2.09. The number of nitrogens with one attached hydrogen (secondary N) is 2. The molecule has 3 heterocycles. The minimum absolute atomic E-state index is 0.143. The van der Waals surface area contributed by atoms with E-state index in [2.05, 4.69) is 29.4 Å². The lowest BCUT2D eigenvalue weighted by Crippen LogP contribution is -2.21. The normalized spacial score (nSPS) is 19.0. The third kappa shape index (κ3) is 1.72. The number of benzene rings is 1. The van der Waals surface area contributed by atoms with Gasteiger partial charge >= 0.3 is 0 Å².